The summed E-state index contributed by atoms with van der Waals surface area (Å²) in [5, 5.41) is 13.6. The second-order valence-corrected chi connectivity index (χ2v) is 19.4. The fourth-order valence-electron chi connectivity index (χ4n) is 11.2. The highest BCUT2D eigenvalue weighted by molar-refractivity contribution is 5.98. The number of aryl methyl sites for hydroxylation is 1. The number of fused-ring (bicyclic) bond motifs is 3. The van der Waals surface area contributed by atoms with E-state index >= 15 is 18.0 Å². The number of allylic oxidation sites excluding steroid dienone is 1. The van der Waals surface area contributed by atoms with Crippen LogP contribution in [0.5, 0.6) is 0 Å². The Balaban J connectivity index is 0.983. The fourth-order valence-corrected chi connectivity index (χ4v) is 11.2. The van der Waals surface area contributed by atoms with Crippen molar-refractivity contribution in [3.05, 3.63) is 133 Å². The maximum Gasteiger partial charge on any atom is 0.438 e. The molecule has 2 aliphatic carbocycles. The van der Waals surface area contributed by atoms with Crippen LogP contribution in [0.25, 0.3) is 33.9 Å². The third-order valence-electron chi connectivity index (χ3n) is 14.8. The van der Waals surface area contributed by atoms with E-state index in [0.29, 0.717) is 71.8 Å². The van der Waals surface area contributed by atoms with Crippen molar-refractivity contribution in [1.82, 2.24) is 48.3 Å². The molecule has 1 amide bonds. The molecule has 340 valence electrons. The third kappa shape index (κ3) is 6.19. The van der Waals surface area contributed by atoms with E-state index in [9.17, 15) is 9.59 Å². The largest absolute Gasteiger partial charge is 0.438 e. The fraction of sp³-hybridized carbons (Fsp3) is 0.417. The van der Waals surface area contributed by atoms with E-state index < -0.39 is 34.5 Å². The first-order chi connectivity index (χ1) is 31.7. The number of imidazole rings is 1. The lowest BCUT2D eigenvalue weighted by Crippen LogP contribution is -2.40. The number of hydrogen-bond donors (Lipinski definition) is 1. The van der Waals surface area contributed by atoms with Gasteiger partial charge in [0.15, 0.2) is 11.6 Å². The minimum absolute atomic E-state index is 0.0264. The number of rotatable bonds is 8. The molecule has 5 aromatic heterocycles. The zero-order valence-electron chi connectivity index (χ0n) is 36.9. The number of aromatic amines is 1. The van der Waals surface area contributed by atoms with Crippen molar-refractivity contribution < 1.29 is 27.2 Å². The summed E-state index contributed by atoms with van der Waals surface area (Å²) in [4.78, 5) is 46.9. The van der Waals surface area contributed by atoms with Crippen molar-refractivity contribution in [2.75, 3.05) is 13.2 Å². The zero-order chi connectivity index (χ0) is 45.6. The molecule has 0 spiro atoms. The van der Waals surface area contributed by atoms with E-state index in [4.69, 9.17) is 14.4 Å². The molecule has 12 rings (SSSR count). The highest BCUT2D eigenvalue weighted by Gasteiger charge is 2.55. The van der Waals surface area contributed by atoms with Crippen molar-refractivity contribution in [1.29, 1.82) is 0 Å². The molecule has 2 aromatic carbocycles. The molecule has 3 atom stereocenters. The molecule has 66 heavy (non-hydrogen) atoms. The quantitative estimate of drug-likeness (QED) is 0.166. The van der Waals surface area contributed by atoms with Gasteiger partial charge < -0.3 is 14.2 Å². The van der Waals surface area contributed by atoms with Crippen molar-refractivity contribution in [3.63, 3.8) is 0 Å². The number of hydrogen-bond acceptors (Lipinski definition) is 8. The lowest BCUT2D eigenvalue weighted by atomic mass is 9.78. The minimum atomic E-state index is -0.969. The van der Waals surface area contributed by atoms with Crippen LogP contribution in [0.4, 0.5) is 13.2 Å². The molecule has 2 saturated carbocycles. The van der Waals surface area contributed by atoms with Gasteiger partial charge in [-0.15, -0.1) is 0 Å². The summed E-state index contributed by atoms with van der Waals surface area (Å²) in [6.45, 7) is 7.22. The molecule has 0 bridgehead atoms. The number of H-pyrrole nitrogens is 1. The SMILES string of the molecule is C[C@H]1c2c(nn(-c3ccc(F)c(C4CC4)c3)c2-n2ccn(-c3ccc4c(cnn4C)c3F)c2=O)CCN1C(=O)c1cn2c(c1C1(c3noc(=O)[nH]3)CC1)C(F)=CC([C@@H]1CCOC(C)(C)C1)C2. The molecule has 15 nitrogen and oxygen atoms in total. The van der Waals surface area contributed by atoms with Gasteiger partial charge >= 0.3 is 11.4 Å². The van der Waals surface area contributed by atoms with E-state index in [1.165, 1.54) is 33.7 Å². The monoisotopic (exact) mass is 900 g/mol. The first-order valence-corrected chi connectivity index (χ1v) is 22.7. The van der Waals surface area contributed by atoms with Crippen LogP contribution in [0.2, 0.25) is 0 Å². The lowest BCUT2D eigenvalue weighted by Gasteiger charge is -2.39. The number of carbonyl (C=O) groups is 1. The van der Waals surface area contributed by atoms with Crippen molar-refractivity contribution in [2.24, 2.45) is 18.9 Å². The second kappa shape index (κ2) is 14.4. The summed E-state index contributed by atoms with van der Waals surface area (Å²) < 4.78 is 67.0. The van der Waals surface area contributed by atoms with Gasteiger partial charge in [-0.2, -0.15) is 10.2 Å². The van der Waals surface area contributed by atoms with E-state index in [2.05, 4.69) is 15.2 Å². The first-order valence-electron chi connectivity index (χ1n) is 22.7. The number of ether oxygens (including phenoxy) is 1. The van der Waals surface area contributed by atoms with Gasteiger partial charge in [-0.05, 0) is 113 Å². The van der Waals surface area contributed by atoms with Gasteiger partial charge in [0.25, 0.3) is 5.91 Å². The van der Waals surface area contributed by atoms with Crippen molar-refractivity contribution in [2.45, 2.75) is 95.2 Å². The lowest BCUT2D eigenvalue weighted by molar-refractivity contribution is -0.0802. The van der Waals surface area contributed by atoms with Crippen LogP contribution in [0.1, 0.15) is 116 Å². The predicted octanol–water partition coefficient (Wildman–Crippen LogP) is 7.32. The summed E-state index contributed by atoms with van der Waals surface area (Å²) in [5.41, 5.74) is 2.00. The van der Waals surface area contributed by atoms with Crippen LogP contribution in [-0.4, -0.2) is 73.0 Å². The Morgan fingerprint density at radius 3 is 2.56 bits per heavy atom. The summed E-state index contributed by atoms with van der Waals surface area (Å²) in [5.74, 6) is -1.84. The summed E-state index contributed by atoms with van der Waals surface area (Å²) in [6.07, 6.45) is 12.4. The van der Waals surface area contributed by atoms with Crippen LogP contribution in [0, 0.1) is 23.5 Å². The Bertz CT molecular complexity index is 3320. The van der Waals surface area contributed by atoms with Gasteiger partial charge in [-0.25, -0.2) is 27.4 Å². The minimum Gasteiger partial charge on any atom is -0.376 e. The molecule has 8 heterocycles. The molecule has 1 saturated heterocycles. The Hall–Kier alpha value is -6.69. The van der Waals surface area contributed by atoms with Crippen molar-refractivity contribution in [3.8, 4) is 17.2 Å². The molecule has 3 aliphatic heterocycles. The molecule has 5 aliphatic rings. The number of halogens is 3. The van der Waals surface area contributed by atoms with Gasteiger partial charge in [-0.1, -0.05) is 5.16 Å². The molecule has 1 N–H and O–H groups in total. The molecule has 18 heteroatoms. The standard InChI is InChI=1S/C48H47F3N10O5/c1-25-38-35(54-61(29-7-8-33(49)30(20-29)26-5-6-26)42(38)60-17-16-59(46(60)64)37-10-9-36-31(40(37)51)22-52-56(36)4)11-15-58(25)43(62)32-24-57-23-28(27-12-18-65-47(2,3)21-27)19-34(50)41(57)39(32)48(13-14-48)44-53-45(63)66-55-44/h7-10,16-17,19-20,22,24-28H,5-6,11-15,18,21,23H2,1-4H3,(H,53,55,63)/t25-,27+,28?/m0/s1. The van der Waals surface area contributed by atoms with Crippen molar-refractivity contribution >= 4 is 22.6 Å². The highest BCUT2D eigenvalue weighted by atomic mass is 19.1. The van der Waals surface area contributed by atoms with Crippen LogP contribution < -0.4 is 11.4 Å². The summed E-state index contributed by atoms with van der Waals surface area (Å²) >= 11 is 0. The highest BCUT2D eigenvalue weighted by Crippen LogP contribution is 2.57. The second-order valence-electron chi connectivity index (χ2n) is 19.4. The number of benzene rings is 2. The van der Waals surface area contributed by atoms with E-state index in [1.807, 2.05) is 25.3 Å². The number of aromatic nitrogens is 9. The molecule has 3 fully saturated rings. The maximum absolute atomic E-state index is 17.0. The average molecular weight is 901 g/mol. The topological polar surface area (TPSA) is 156 Å². The molecule has 1 unspecified atom stereocenters. The van der Waals surface area contributed by atoms with Gasteiger partial charge in [-0.3, -0.25) is 28.1 Å². The number of nitrogens with zero attached hydrogens (tertiary/aromatic N) is 9. The average Bonchev–Trinajstić information content (AvgIpc) is 4.03. The van der Waals surface area contributed by atoms with Gasteiger partial charge in [0.2, 0.25) is 0 Å². The Kier molecular flexibility index (Phi) is 8.90. The Morgan fingerprint density at radius 1 is 1.02 bits per heavy atom. The zero-order valence-corrected chi connectivity index (χ0v) is 36.9. The molecule has 7 aromatic rings. The Morgan fingerprint density at radius 2 is 1.82 bits per heavy atom. The van der Waals surface area contributed by atoms with Crippen LogP contribution >= 0.6 is 0 Å². The summed E-state index contributed by atoms with van der Waals surface area (Å²) in [6, 6.07) is 7.33. The van der Waals surface area contributed by atoms with Gasteiger partial charge in [0.05, 0.1) is 62.5 Å². The van der Waals surface area contributed by atoms with Gasteiger partial charge in [0, 0.05) is 68.8 Å². The Labute approximate surface area is 375 Å². The van der Waals surface area contributed by atoms with E-state index in [1.54, 1.807) is 58.0 Å². The third-order valence-corrected chi connectivity index (χ3v) is 14.8. The number of nitrogens with one attached hydrogen (secondary N) is 1. The molecular weight excluding hydrogens is 854 g/mol. The predicted molar refractivity (Wildman–Crippen MR) is 235 cm³/mol. The maximum atomic E-state index is 17.0. The van der Waals surface area contributed by atoms with Crippen LogP contribution in [0.15, 0.2) is 75.3 Å². The van der Waals surface area contributed by atoms with Crippen LogP contribution in [-0.2, 0) is 30.2 Å². The first kappa shape index (κ1) is 40.8. The molecule has 0 radical (unpaired) electrons. The van der Waals surface area contributed by atoms with Gasteiger partial charge in [0.1, 0.15) is 17.5 Å². The normalized spacial score (nSPS) is 22.1. The van der Waals surface area contributed by atoms with E-state index in [0.717, 1.165) is 25.7 Å². The summed E-state index contributed by atoms with van der Waals surface area (Å²) in [7, 11) is 1.71. The molecular formula is C48H47F3N10O5. The van der Waals surface area contributed by atoms with Crippen LogP contribution in [0.3, 0.4) is 0 Å². The smallest absolute Gasteiger partial charge is 0.376 e. The number of carbonyl (C=O) groups excluding carboxylic acids is 1. The number of amides is 1. The van der Waals surface area contributed by atoms with E-state index in [-0.39, 0.29) is 69.8 Å².